The summed E-state index contributed by atoms with van der Waals surface area (Å²) in [5.41, 5.74) is 5.59. The molecule has 0 aromatic heterocycles. The first-order valence-corrected chi connectivity index (χ1v) is 8.26. The van der Waals surface area contributed by atoms with E-state index in [9.17, 15) is 0 Å². The van der Waals surface area contributed by atoms with Crippen LogP contribution < -0.4 is 5.32 Å². The molecule has 1 heteroatoms. The molecule has 1 aromatic rings. The molecule has 0 amide bonds. The monoisotopic (exact) mass is 283 g/mol. The number of anilines is 1. The van der Waals surface area contributed by atoms with Gasteiger partial charge in [0.2, 0.25) is 0 Å². The lowest BCUT2D eigenvalue weighted by atomic mass is 9.70. The van der Waals surface area contributed by atoms with Crippen LogP contribution in [0.4, 0.5) is 5.69 Å². The maximum atomic E-state index is 5.64. The minimum atomic E-state index is 0.151. The number of hydrogen-bond acceptors (Lipinski definition) is 1. The van der Waals surface area contributed by atoms with Crippen LogP contribution in [0.25, 0.3) is 0 Å². The summed E-state index contributed by atoms with van der Waals surface area (Å²) < 4.78 is 0. The number of rotatable bonds is 1. The van der Waals surface area contributed by atoms with E-state index >= 15 is 0 Å². The lowest BCUT2D eigenvalue weighted by Crippen LogP contribution is -2.43. The van der Waals surface area contributed by atoms with E-state index < -0.39 is 0 Å². The summed E-state index contributed by atoms with van der Waals surface area (Å²) in [6.07, 6.45) is 9.39. The second-order valence-electron chi connectivity index (χ2n) is 7.48. The van der Waals surface area contributed by atoms with E-state index in [1.165, 1.54) is 29.7 Å². The molecule has 114 valence electrons. The summed E-state index contributed by atoms with van der Waals surface area (Å²) in [6.45, 7) is 13.3. The van der Waals surface area contributed by atoms with Gasteiger partial charge in [-0.25, -0.2) is 0 Å². The third-order valence-corrected chi connectivity index (χ3v) is 4.43. The van der Waals surface area contributed by atoms with Gasteiger partial charge in [0.1, 0.15) is 0 Å². The molecule has 1 nitrogen and oxygen atoms in total. The van der Waals surface area contributed by atoms with Crippen LogP contribution in [0.1, 0.15) is 83.4 Å². The normalized spacial score (nSPS) is 21.2. The number of hydrogen-bond donors (Lipinski definition) is 1. The molecule has 0 bridgehead atoms. The highest BCUT2D eigenvalue weighted by Gasteiger charge is 2.40. The average molecular weight is 283 g/mol. The Morgan fingerprint density at radius 2 is 1.76 bits per heavy atom. The van der Waals surface area contributed by atoms with Gasteiger partial charge < -0.3 is 5.32 Å². The Balaban J connectivity index is 0.000000774. The van der Waals surface area contributed by atoms with E-state index in [2.05, 4.69) is 51.1 Å². The van der Waals surface area contributed by atoms with Gasteiger partial charge in [-0.05, 0) is 67.7 Å². The molecule has 2 aliphatic rings. The van der Waals surface area contributed by atoms with Crippen molar-refractivity contribution >= 4 is 5.69 Å². The maximum Gasteiger partial charge on any atom is 0.0418 e. The van der Waals surface area contributed by atoms with Crippen molar-refractivity contribution in [2.75, 3.05) is 5.32 Å². The summed E-state index contributed by atoms with van der Waals surface area (Å²) in [6, 6.07) is 4.43. The van der Waals surface area contributed by atoms with Gasteiger partial charge in [-0.15, -0.1) is 6.42 Å². The van der Waals surface area contributed by atoms with Gasteiger partial charge in [0, 0.05) is 16.8 Å². The third-order valence-electron chi connectivity index (χ3n) is 4.43. The Morgan fingerprint density at radius 3 is 2.29 bits per heavy atom. The SMILES string of the molecule is C#Cc1cc(C2CC2)c2c(c1)C(C)(C)CC(C)(C)N2.CC. The van der Waals surface area contributed by atoms with Crippen LogP contribution in [-0.4, -0.2) is 5.54 Å². The van der Waals surface area contributed by atoms with Gasteiger partial charge in [-0.3, -0.25) is 0 Å². The molecule has 0 spiro atoms. The van der Waals surface area contributed by atoms with Crippen molar-refractivity contribution in [2.24, 2.45) is 0 Å². The van der Waals surface area contributed by atoms with Crippen molar-refractivity contribution in [3.8, 4) is 12.3 Å². The number of terminal acetylenes is 1. The Kier molecular flexibility index (Phi) is 4.11. The van der Waals surface area contributed by atoms with Crippen molar-refractivity contribution in [1.29, 1.82) is 0 Å². The lowest BCUT2D eigenvalue weighted by Gasteiger charge is -2.44. The van der Waals surface area contributed by atoms with Gasteiger partial charge in [-0.1, -0.05) is 33.6 Å². The quantitative estimate of drug-likeness (QED) is 0.676. The molecule has 1 aliphatic carbocycles. The average Bonchev–Trinajstić information content (AvgIpc) is 3.22. The van der Waals surface area contributed by atoms with Crippen molar-refractivity contribution in [1.82, 2.24) is 0 Å². The molecule has 3 rings (SSSR count). The van der Waals surface area contributed by atoms with Crippen molar-refractivity contribution in [3.05, 3.63) is 28.8 Å². The predicted octanol–water partition coefficient (Wildman–Crippen LogP) is 5.44. The highest BCUT2D eigenvalue weighted by atomic mass is 15.0. The first kappa shape index (κ1) is 16.0. The largest absolute Gasteiger partial charge is 0.380 e. The zero-order chi connectivity index (χ0) is 15.8. The van der Waals surface area contributed by atoms with E-state index in [1.807, 2.05) is 13.8 Å². The fourth-order valence-electron chi connectivity index (χ4n) is 3.72. The standard InChI is InChI=1S/C18H23N.C2H6/c1-6-12-9-14(13-7-8-13)16-15(10-12)17(2,3)11-18(4,5)19-16;1-2/h1,9-10,13,19H,7-8,11H2,2-5H3;1-2H3. The first-order chi connectivity index (χ1) is 9.82. The molecule has 1 saturated carbocycles. The summed E-state index contributed by atoms with van der Waals surface area (Å²) in [5, 5.41) is 3.76. The number of benzene rings is 1. The molecule has 1 heterocycles. The maximum absolute atomic E-state index is 5.64. The van der Waals surface area contributed by atoms with Gasteiger partial charge >= 0.3 is 0 Å². The van der Waals surface area contributed by atoms with Gasteiger partial charge in [0.25, 0.3) is 0 Å². The van der Waals surface area contributed by atoms with Crippen molar-refractivity contribution < 1.29 is 0 Å². The minimum Gasteiger partial charge on any atom is -0.380 e. The lowest BCUT2D eigenvalue weighted by molar-refractivity contribution is 0.355. The van der Waals surface area contributed by atoms with E-state index in [4.69, 9.17) is 6.42 Å². The number of fused-ring (bicyclic) bond motifs is 1. The van der Waals surface area contributed by atoms with Crippen LogP contribution in [0.3, 0.4) is 0 Å². The Hall–Kier alpha value is -1.42. The summed E-state index contributed by atoms with van der Waals surface area (Å²) in [4.78, 5) is 0. The second-order valence-corrected chi connectivity index (χ2v) is 7.48. The Bertz CT molecular complexity index is 568. The third kappa shape index (κ3) is 3.10. The summed E-state index contributed by atoms with van der Waals surface area (Å²) >= 11 is 0. The fraction of sp³-hybridized carbons (Fsp3) is 0.600. The smallest absolute Gasteiger partial charge is 0.0418 e. The van der Waals surface area contributed by atoms with Crippen LogP contribution in [0.15, 0.2) is 12.1 Å². The highest BCUT2D eigenvalue weighted by Crippen LogP contribution is 2.51. The zero-order valence-corrected chi connectivity index (χ0v) is 14.4. The molecule has 1 fully saturated rings. The zero-order valence-electron chi connectivity index (χ0n) is 14.4. The van der Waals surface area contributed by atoms with E-state index in [0.29, 0.717) is 0 Å². The molecule has 1 N–H and O–H groups in total. The van der Waals surface area contributed by atoms with E-state index in [-0.39, 0.29) is 11.0 Å². The summed E-state index contributed by atoms with van der Waals surface area (Å²) in [7, 11) is 0. The molecule has 0 unspecified atom stereocenters. The highest BCUT2D eigenvalue weighted by molar-refractivity contribution is 5.68. The van der Waals surface area contributed by atoms with E-state index in [0.717, 1.165) is 17.9 Å². The minimum absolute atomic E-state index is 0.151. The molecule has 0 saturated heterocycles. The molecular weight excluding hydrogens is 254 g/mol. The molecule has 1 aliphatic heterocycles. The van der Waals surface area contributed by atoms with Crippen LogP contribution in [-0.2, 0) is 5.41 Å². The second kappa shape index (κ2) is 5.41. The Labute approximate surface area is 130 Å². The van der Waals surface area contributed by atoms with Crippen molar-refractivity contribution in [2.45, 2.75) is 77.7 Å². The topological polar surface area (TPSA) is 12.0 Å². The van der Waals surface area contributed by atoms with Crippen LogP contribution >= 0.6 is 0 Å². The predicted molar refractivity (Wildman–Crippen MR) is 93.0 cm³/mol. The molecular formula is C20H29N. The molecule has 21 heavy (non-hydrogen) atoms. The van der Waals surface area contributed by atoms with Crippen molar-refractivity contribution in [3.63, 3.8) is 0 Å². The Morgan fingerprint density at radius 1 is 1.14 bits per heavy atom. The summed E-state index contributed by atoms with van der Waals surface area (Å²) in [5.74, 6) is 3.55. The van der Waals surface area contributed by atoms with Crippen LogP contribution in [0.5, 0.6) is 0 Å². The van der Waals surface area contributed by atoms with Crippen LogP contribution in [0, 0.1) is 12.3 Å². The van der Waals surface area contributed by atoms with Crippen LogP contribution in [0.2, 0.25) is 0 Å². The van der Waals surface area contributed by atoms with E-state index in [1.54, 1.807) is 0 Å². The molecule has 0 radical (unpaired) electrons. The molecule has 0 atom stereocenters. The van der Waals surface area contributed by atoms with Gasteiger partial charge in [0.15, 0.2) is 0 Å². The number of nitrogens with one attached hydrogen (secondary N) is 1. The fourth-order valence-corrected chi connectivity index (χ4v) is 3.72. The molecule has 1 aromatic carbocycles. The first-order valence-electron chi connectivity index (χ1n) is 8.26. The van der Waals surface area contributed by atoms with Gasteiger partial charge in [0.05, 0.1) is 0 Å². The van der Waals surface area contributed by atoms with Gasteiger partial charge in [-0.2, -0.15) is 0 Å².